The zero-order valence-corrected chi connectivity index (χ0v) is 10.8. The summed E-state index contributed by atoms with van der Waals surface area (Å²) in [4.78, 5) is 2.69. The van der Waals surface area contributed by atoms with Crippen LogP contribution in [-0.4, -0.2) is 31.1 Å². The third kappa shape index (κ3) is 3.46. The highest BCUT2D eigenvalue weighted by molar-refractivity contribution is 4.78. The van der Waals surface area contributed by atoms with Crippen LogP contribution in [0.4, 0.5) is 0 Å². The molecule has 2 aliphatic rings. The van der Waals surface area contributed by atoms with Gasteiger partial charge < -0.3 is 10.6 Å². The molecule has 1 aliphatic heterocycles. The normalized spacial score (nSPS) is 34.1. The third-order valence-corrected chi connectivity index (χ3v) is 4.60. The number of piperidine rings is 1. The number of nitrogens with zero attached hydrogens (tertiary/aromatic N) is 1. The number of nitrogens with two attached hydrogens (primary N) is 1. The van der Waals surface area contributed by atoms with E-state index >= 15 is 0 Å². The molecule has 94 valence electrons. The van der Waals surface area contributed by atoms with Crippen molar-refractivity contribution in [1.29, 1.82) is 0 Å². The Bertz CT molecular complexity index is 197. The van der Waals surface area contributed by atoms with Crippen LogP contribution < -0.4 is 5.73 Å². The molecular formula is C14H28N2. The Balaban J connectivity index is 1.69. The molecule has 1 saturated heterocycles. The fraction of sp³-hybridized carbons (Fsp3) is 1.00. The molecule has 1 saturated carbocycles. The fourth-order valence-electron chi connectivity index (χ4n) is 3.50. The molecule has 0 aromatic carbocycles. The van der Waals surface area contributed by atoms with E-state index in [-0.39, 0.29) is 0 Å². The topological polar surface area (TPSA) is 29.3 Å². The second-order valence-corrected chi connectivity index (χ2v) is 6.12. The number of hydrogen-bond acceptors (Lipinski definition) is 2. The van der Waals surface area contributed by atoms with Crippen LogP contribution >= 0.6 is 0 Å². The maximum atomic E-state index is 5.73. The Morgan fingerprint density at radius 3 is 2.44 bits per heavy atom. The van der Waals surface area contributed by atoms with E-state index in [4.69, 9.17) is 5.73 Å². The van der Waals surface area contributed by atoms with Gasteiger partial charge in [-0.1, -0.05) is 19.8 Å². The molecule has 2 rings (SSSR count). The predicted octanol–water partition coefficient (Wildman–Crippen LogP) is 2.48. The van der Waals surface area contributed by atoms with Gasteiger partial charge in [-0.3, -0.25) is 0 Å². The highest BCUT2D eigenvalue weighted by Gasteiger charge is 2.24. The Morgan fingerprint density at radius 1 is 1.06 bits per heavy atom. The molecule has 2 nitrogen and oxygen atoms in total. The van der Waals surface area contributed by atoms with Crippen molar-refractivity contribution in [2.24, 2.45) is 23.5 Å². The lowest BCUT2D eigenvalue weighted by molar-refractivity contribution is 0.137. The van der Waals surface area contributed by atoms with Crippen molar-refractivity contribution in [2.45, 2.75) is 45.4 Å². The largest absolute Gasteiger partial charge is 0.330 e. The molecule has 0 spiro atoms. The summed E-state index contributed by atoms with van der Waals surface area (Å²) in [7, 11) is 0. The van der Waals surface area contributed by atoms with Crippen molar-refractivity contribution in [3.05, 3.63) is 0 Å². The summed E-state index contributed by atoms with van der Waals surface area (Å²) >= 11 is 0. The van der Waals surface area contributed by atoms with E-state index in [0.717, 1.165) is 24.3 Å². The van der Waals surface area contributed by atoms with E-state index in [9.17, 15) is 0 Å². The summed E-state index contributed by atoms with van der Waals surface area (Å²) in [5, 5.41) is 0. The maximum absolute atomic E-state index is 5.73. The first kappa shape index (κ1) is 12.4. The zero-order valence-electron chi connectivity index (χ0n) is 10.8. The van der Waals surface area contributed by atoms with Gasteiger partial charge in [-0.25, -0.2) is 0 Å². The van der Waals surface area contributed by atoms with Crippen LogP contribution in [0, 0.1) is 17.8 Å². The van der Waals surface area contributed by atoms with Gasteiger partial charge in [0.05, 0.1) is 0 Å². The molecular weight excluding hydrogens is 196 g/mol. The van der Waals surface area contributed by atoms with Gasteiger partial charge in [0, 0.05) is 6.54 Å². The first-order valence-electron chi connectivity index (χ1n) is 7.20. The average Bonchev–Trinajstić information content (AvgIpc) is 2.30. The molecule has 0 aromatic rings. The van der Waals surface area contributed by atoms with E-state index in [1.165, 1.54) is 58.2 Å². The van der Waals surface area contributed by atoms with E-state index < -0.39 is 0 Å². The summed E-state index contributed by atoms with van der Waals surface area (Å²) in [6, 6.07) is 0. The van der Waals surface area contributed by atoms with Crippen LogP contribution in [0.5, 0.6) is 0 Å². The molecule has 16 heavy (non-hydrogen) atoms. The standard InChI is InChI=1S/C14H28N2/c1-12-3-2-4-14(9-12)11-16-7-5-13(10-15)6-8-16/h12-14H,2-11,15H2,1H3. The SMILES string of the molecule is CC1CCCC(CN2CCC(CN)CC2)C1. The van der Waals surface area contributed by atoms with E-state index in [2.05, 4.69) is 11.8 Å². The lowest BCUT2D eigenvalue weighted by Crippen LogP contribution is -2.39. The molecule has 0 radical (unpaired) electrons. The van der Waals surface area contributed by atoms with Crippen molar-refractivity contribution in [1.82, 2.24) is 4.90 Å². The Labute approximate surface area is 101 Å². The second kappa shape index (κ2) is 6.02. The smallest absolute Gasteiger partial charge is 0.000976 e. The molecule has 2 fully saturated rings. The van der Waals surface area contributed by atoms with Crippen molar-refractivity contribution < 1.29 is 0 Å². The minimum atomic E-state index is 0.807. The van der Waals surface area contributed by atoms with E-state index in [1.54, 1.807) is 0 Å². The fourth-order valence-corrected chi connectivity index (χ4v) is 3.50. The maximum Gasteiger partial charge on any atom is 0.000976 e. The molecule has 0 bridgehead atoms. The van der Waals surface area contributed by atoms with Crippen molar-refractivity contribution >= 4 is 0 Å². The van der Waals surface area contributed by atoms with Gasteiger partial charge in [0.2, 0.25) is 0 Å². The average molecular weight is 224 g/mol. The van der Waals surface area contributed by atoms with Crippen molar-refractivity contribution in [3.8, 4) is 0 Å². The lowest BCUT2D eigenvalue weighted by atomic mass is 9.82. The number of likely N-dealkylation sites (tertiary alicyclic amines) is 1. The highest BCUT2D eigenvalue weighted by atomic mass is 15.1. The van der Waals surface area contributed by atoms with Crippen LogP contribution in [0.3, 0.4) is 0 Å². The monoisotopic (exact) mass is 224 g/mol. The second-order valence-electron chi connectivity index (χ2n) is 6.12. The van der Waals surface area contributed by atoms with Crippen LogP contribution in [-0.2, 0) is 0 Å². The van der Waals surface area contributed by atoms with Gasteiger partial charge in [-0.15, -0.1) is 0 Å². The molecule has 0 aromatic heterocycles. The minimum Gasteiger partial charge on any atom is -0.330 e. The van der Waals surface area contributed by atoms with Crippen molar-refractivity contribution in [3.63, 3.8) is 0 Å². The number of hydrogen-bond donors (Lipinski definition) is 1. The molecule has 2 atom stereocenters. The van der Waals surface area contributed by atoms with Gasteiger partial charge in [0.15, 0.2) is 0 Å². The van der Waals surface area contributed by atoms with Crippen molar-refractivity contribution in [2.75, 3.05) is 26.2 Å². The highest BCUT2D eigenvalue weighted by Crippen LogP contribution is 2.30. The Morgan fingerprint density at radius 2 is 1.81 bits per heavy atom. The Hall–Kier alpha value is -0.0800. The third-order valence-electron chi connectivity index (χ3n) is 4.60. The van der Waals surface area contributed by atoms with E-state index in [0.29, 0.717) is 0 Å². The van der Waals surface area contributed by atoms with Gasteiger partial charge >= 0.3 is 0 Å². The molecule has 2 heteroatoms. The van der Waals surface area contributed by atoms with E-state index in [1.807, 2.05) is 0 Å². The van der Waals surface area contributed by atoms with Crippen LogP contribution in [0.15, 0.2) is 0 Å². The first-order valence-corrected chi connectivity index (χ1v) is 7.20. The summed E-state index contributed by atoms with van der Waals surface area (Å²) in [6.45, 7) is 7.28. The van der Waals surface area contributed by atoms with Gasteiger partial charge in [-0.2, -0.15) is 0 Å². The first-order chi connectivity index (χ1) is 7.78. The predicted molar refractivity (Wildman–Crippen MR) is 69.3 cm³/mol. The molecule has 2 N–H and O–H groups in total. The van der Waals surface area contributed by atoms with Crippen LogP contribution in [0.25, 0.3) is 0 Å². The summed E-state index contributed by atoms with van der Waals surface area (Å²) < 4.78 is 0. The van der Waals surface area contributed by atoms with Gasteiger partial charge in [0.1, 0.15) is 0 Å². The number of rotatable bonds is 3. The lowest BCUT2D eigenvalue weighted by Gasteiger charge is -2.36. The van der Waals surface area contributed by atoms with Gasteiger partial charge in [0.25, 0.3) is 0 Å². The van der Waals surface area contributed by atoms with Crippen LogP contribution in [0.2, 0.25) is 0 Å². The van der Waals surface area contributed by atoms with Crippen LogP contribution in [0.1, 0.15) is 45.4 Å². The molecule has 0 amide bonds. The summed E-state index contributed by atoms with van der Waals surface area (Å²) in [6.07, 6.45) is 8.53. The molecule has 1 aliphatic carbocycles. The molecule has 2 unspecified atom stereocenters. The summed E-state index contributed by atoms with van der Waals surface area (Å²) in [5.74, 6) is 2.76. The zero-order chi connectivity index (χ0) is 11.4. The molecule has 1 heterocycles. The summed E-state index contributed by atoms with van der Waals surface area (Å²) in [5.41, 5.74) is 5.73. The van der Waals surface area contributed by atoms with Gasteiger partial charge in [-0.05, 0) is 63.1 Å². The minimum absolute atomic E-state index is 0.807. The Kier molecular flexibility index (Phi) is 4.66. The quantitative estimate of drug-likeness (QED) is 0.798.